The monoisotopic (exact) mass is 478 g/mol. The summed E-state index contributed by atoms with van der Waals surface area (Å²) in [5.41, 5.74) is 3.54. The summed E-state index contributed by atoms with van der Waals surface area (Å²) in [5.74, 6) is -0.959. The van der Waals surface area contributed by atoms with E-state index in [1.54, 1.807) is 13.8 Å². The topological polar surface area (TPSA) is 105 Å². The standard InChI is InChI=1S/C28H34N2O5/c1-3-28(4-2,26(32)33)17-29-25(31)24(15-18-13-14-18)30-27(34)35-16-23-21-11-7-5-9-19(21)20-10-6-8-12-22(20)23/h5-12,18,23-24H,3-4,13-17H2,1-2H3,(H,29,31)(H,30,34)(H,32,33). The molecule has 1 saturated carbocycles. The third kappa shape index (κ3) is 5.34. The van der Waals surface area contributed by atoms with Gasteiger partial charge in [-0.2, -0.15) is 0 Å². The van der Waals surface area contributed by atoms with Crippen LogP contribution in [0.25, 0.3) is 11.1 Å². The van der Waals surface area contributed by atoms with E-state index < -0.39 is 23.5 Å². The number of nitrogens with one attached hydrogen (secondary N) is 2. The highest BCUT2D eigenvalue weighted by atomic mass is 16.5. The molecule has 2 aliphatic carbocycles. The molecular formula is C28H34N2O5. The van der Waals surface area contributed by atoms with Crippen LogP contribution in [-0.4, -0.2) is 42.3 Å². The van der Waals surface area contributed by atoms with Crippen LogP contribution in [0.4, 0.5) is 4.79 Å². The van der Waals surface area contributed by atoms with Crippen molar-refractivity contribution in [2.24, 2.45) is 11.3 Å². The molecule has 0 aromatic heterocycles. The number of aliphatic carboxylic acids is 1. The van der Waals surface area contributed by atoms with Gasteiger partial charge in [0.15, 0.2) is 0 Å². The molecule has 0 aliphatic heterocycles. The van der Waals surface area contributed by atoms with Crippen molar-refractivity contribution in [1.82, 2.24) is 10.6 Å². The fourth-order valence-corrected chi connectivity index (χ4v) is 4.96. The first kappa shape index (κ1) is 24.8. The minimum atomic E-state index is -1.01. The summed E-state index contributed by atoms with van der Waals surface area (Å²) >= 11 is 0. The van der Waals surface area contributed by atoms with Gasteiger partial charge in [-0.3, -0.25) is 9.59 Å². The number of rotatable bonds is 11. The summed E-state index contributed by atoms with van der Waals surface area (Å²) in [5, 5.41) is 15.2. The average molecular weight is 479 g/mol. The minimum Gasteiger partial charge on any atom is -0.481 e. The number of carboxylic acid groups (broad SMARTS) is 1. The second kappa shape index (κ2) is 10.5. The van der Waals surface area contributed by atoms with Gasteiger partial charge in [-0.1, -0.05) is 75.2 Å². The number of fused-ring (bicyclic) bond motifs is 3. The largest absolute Gasteiger partial charge is 0.481 e. The Kier molecular flexibility index (Phi) is 7.43. The molecule has 2 aliphatic rings. The Morgan fingerprint density at radius 1 is 1.00 bits per heavy atom. The zero-order valence-corrected chi connectivity index (χ0v) is 20.4. The van der Waals surface area contributed by atoms with Crippen LogP contribution in [0, 0.1) is 11.3 Å². The fourth-order valence-electron chi connectivity index (χ4n) is 4.96. The quantitative estimate of drug-likeness (QED) is 0.434. The number of carbonyl (C=O) groups excluding carboxylic acids is 2. The van der Waals surface area contributed by atoms with E-state index in [0.717, 1.165) is 35.1 Å². The molecule has 0 spiro atoms. The normalized spacial score (nSPS) is 15.6. The van der Waals surface area contributed by atoms with E-state index in [0.29, 0.717) is 25.2 Å². The van der Waals surface area contributed by atoms with Crippen LogP contribution in [0.1, 0.15) is 63.0 Å². The van der Waals surface area contributed by atoms with Crippen LogP contribution in [0.2, 0.25) is 0 Å². The van der Waals surface area contributed by atoms with Crippen LogP contribution in [0.3, 0.4) is 0 Å². The summed E-state index contributed by atoms with van der Waals surface area (Å²) in [7, 11) is 0. The molecule has 186 valence electrons. The number of hydrogen-bond donors (Lipinski definition) is 3. The van der Waals surface area contributed by atoms with Gasteiger partial charge in [-0.15, -0.1) is 0 Å². The number of ether oxygens (including phenoxy) is 1. The van der Waals surface area contributed by atoms with Crippen molar-refractivity contribution < 1.29 is 24.2 Å². The molecule has 0 saturated heterocycles. The maximum absolute atomic E-state index is 13.0. The van der Waals surface area contributed by atoms with Crippen LogP contribution in [0.5, 0.6) is 0 Å². The van der Waals surface area contributed by atoms with Crippen molar-refractivity contribution >= 4 is 18.0 Å². The molecule has 0 bridgehead atoms. The number of amides is 2. The van der Waals surface area contributed by atoms with Gasteiger partial charge in [0, 0.05) is 12.5 Å². The van der Waals surface area contributed by atoms with E-state index in [9.17, 15) is 19.5 Å². The first-order valence-electron chi connectivity index (χ1n) is 12.5. The van der Waals surface area contributed by atoms with Crippen LogP contribution < -0.4 is 10.6 Å². The molecule has 1 atom stereocenters. The van der Waals surface area contributed by atoms with Gasteiger partial charge in [0.1, 0.15) is 12.6 Å². The molecule has 7 nitrogen and oxygen atoms in total. The highest BCUT2D eigenvalue weighted by Crippen LogP contribution is 2.44. The van der Waals surface area contributed by atoms with Gasteiger partial charge in [-0.05, 0) is 47.4 Å². The molecule has 1 unspecified atom stereocenters. The lowest BCUT2D eigenvalue weighted by Crippen LogP contribution is -2.51. The first-order valence-corrected chi connectivity index (χ1v) is 12.5. The predicted octanol–water partition coefficient (Wildman–Crippen LogP) is 4.70. The molecule has 35 heavy (non-hydrogen) atoms. The summed E-state index contributed by atoms with van der Waals surface area (Å²) < 4.78 is 5.62. The Hall–Kier alpha value is -3.35. The van der Waals surface area contributed by atoms with Gasteiger partial charge in [-0.25, -0.2) is 4.79 Å². The summed E-state index contributed by atoms with van der Waals surface area (Å²) in [6.07, 6.45) is 2.76. The zero-order valence-electron chi connectivity index (χ0n) is 20.4. The second-order valence-electron chi connectivity index (χ2n) is 9.71. The van der Waals surface area contributed by atoms with Crippen LogP contribution >= 0.6 is 0 Å². The van der Waals surface area contributed by atoms with Gasteiger partial charge in [0.2, 0.25) is 5.91 Å². The summed E-state index contributed by atoms with van der Waals surface area (Å²) in [6.45, 7) is 3.81. The smallest absolute Gasteiger partial charge is 0.407 e. The number of hydrogen-bond acceptors (Lipinski definition) is 4. The van der Waals surface area contributed by atoms with Gasteiger partial charge >= 0.3 is 12.1 Å². The third-order valence-corrected chi connectivity index (χ3v) is 7.63. The Bertz CT molecular complexity index is 1040. The molecule has 1 fully saturated rings. The molecule has 2 aromatic carbocycles. The van der Waals surface area contributed by atoms with Crippen LogP contribution in [-0.2, 0) is 14.3 Å². The zero-order chi connectivity index (χ0) is 25.0. The molecule has 2 amide bonds. The minimum absolute atomic E-state index is 0.0295. The van der Waals surface area contributed by atoms with Gasteiger partial charge in [0.25, 0.3) is 0 Å². The lowest BCUT2D eigenvalue weighted by Gasteiger charge is -2.28. The molecule has 0 radical (unpaired) electrons. The molecule has 7 heteroatoms. The average Bonchev–Trinajstić information content (AvgIpc) is 3.63. The van der Waals surface area contributed by atoms with E-state index in [1.807, 2.05) is 24.3 Å². The van der Waals surface area contributed by atoms with Crippen LogP contribution in [0.15, 0.2) is 48.5 Å². The molecule has 3 N–H and O–H groups in total. The molecule has 0 heterocycles. The van der Waals surface area contributed by atoms with Crippen molar-refractivity contribution in [3.63, 3.8) is 0 Å². The van der Waals surface area contributed by atoms with Crippen molar-refractivity contribution in [2.45, 2.75) is 57.9 Å². The lowest BCUT2D eigenvalue weighted by atomic mass is 9.82. The van der Waals surface area contributed by atoms with Gasteiger partial charge in [0.05, 0.1) is 5.41 Å². The summed E-state index contributed by atoms with van der Waals surface area (Å²) in [6, 6.07) is 15.5. The highest BCUT2D eigenvalue weighted by molar-refractivity contribution is 5.86. The Labute approximate surface area is 206 Å². The number of carboxylic acids is 1. The van der Waals surface area contributed by atoms with Crippen molar-refractivity contribution in [2.75, 3.05) is 13.2 Å². The van der Waals surface area contributed by atoms with E-state index in [4.69, 9.17) is 4.74 Å². The fraction of sp³-hybridized carbons (Fsp3) is 0.464. The van der Waals surface area contributed by atoms with E-state index >= 15 is 0 Å². The number of benzene rings is 2. The summed E-state index contributed by atoms with van der Waals surface area (Å²) in [4.78, 5) is 37.5. The molecule has 4 rings (SSSR count). The van der Waals surface area contributed by atoms with Crippen molar-refractivity contribution in [3.05, 3.63) is 59.7 Å². The lowest BCUT2D eigenvalue weighted by molar-refractivity contribution is -0.149. The molecular weight excluding hydrogens is 444 g/mol. The van der Waals surface area contributed by atoms with E-state index in [2.05, 4.69) is 34.9 Å². The van der Waals surface area contributed by atoms with E-state index in [1.165, 1.54) is 0 Å². The molecule has 2 aromatic rings. The van der Waals surface area contributed by atoms with Crippen molar-refractivity contribution in [1.29, 1.82) is 0 Å². The SMILES string of the molecule is CCC(CC)(CNC(=O)C(CC1CC1)NC(=O)OCC1c2ccccc2-c2ccccc21)C(=O)O. The third-order valence-electron chi connectivity index (χ3n) is 7.63. The maximum Gasteiger partial charge on any atom is 0.407 e. The Morgan fingerprint density at radius 3 is 2.09 bits per heavy atom. The van der Waals surface area contributed by atoms with Gasteiger partial charge < -0.3 is 20.5 Å². The highest BCUT2D eigenvalue weighted by Gasteiger charge is 2.37. The Balaban J connectivity index is 1.39. The van der Waals surface area contributed by atoms with E-state index in [-0.39, 0.29) is 25.0 Å². The Morgan fingerprint density at radius 2 is 1.57 bits per heavy atom. The predicted molar refractivity (Wildman–Crippen MR) is 133 cm³/mol. The number of alkyl carbamates (subject to hydrolysis) is 1. The van der Waals surface area contributed by atoms with Crippen molar-refractivity contribution in [3.8, 4) is 11.1 Å². The maximum atomic E-state index is 13.0. The number of carbonyl (C=O) groups is 3. The first-order chi connectivity index (χ1) is 16.9. The second-order valence-corrected chi connectivity index (χ2v) is 9.71.